The third kappa shape index (κ3) is 2.73. The van der Waals surface area contributed by atoms with Crippen LogP contribution in [0.15, 0.2) is 24.4 Å². The Kier molecular flexibility index (Phi) is 3.80. The summed E-state index contributed by atoms with van der Waals surface area (Å²) < 4.78 is 11.8. The SMILES string of the molecule is CCC1(C)CC(c2ccc([N+](=O)[O-])cn2)=CCS1=O. The Morgan fingerprint density at radius 1 is 1.53 bits per heavy atom. The van der Waals surface area contributed by atoms with Crippen molar-refractivity contribution in [2.24, 2.45) is 0 Å². The van der Waals surface area contributed by atoms with Crippen LogP contribution in [0.1, 0.15) is 32.4 Å². The van der Waals surface area contributed by atoms with Crippen LogP contribution in [0.25, 0.3) is 5.57 Å². The van der Waals surface area contributed by atoms with Gasteiger partial charge >= 0.3 is 0 Å². The number of hydrogen-bond donors (Lipinski definition) is 0. The van der Waals surface area contributed by atoms with E-state index in [2.05, 4.69) is 4.98 Å². The van der Waals surface area contributed by atoms with Crippen molar-refractivity contribution >= 4 is 22.1 Å². The third-order valence-electron chi connectivity index (χ3n) is 3.63. The maximum atomic E-state index is 12.0. The van der Waals surface area contributed by atoms with Crippen LogP contribution in [-0.4, -0.2) is 24.6 Å². The molecule has 1 aliphatic rings. The minimum atomic E-state index is -0.862. The molecular weight excluding hydrogens is 264 g/mol. The van der Waals surface area contributed by atoms with E-state index in [0.717, 1.165) is 17.7 Å². The molecule has 0 N–H and O–H groups in total. The van der Waals surface area contributed by atoms with Gasteiger partial charge in [-0.25, -0.2) is 4.98 Å². The predicted octanol–water partition coefficient (Wildman–Crippen LogP) is 2.69. The van der Waals surface area contributed by atoms with Gasteiger partial charge in [0.1, 0.15) is 6.20 Å². The van der Waals surface area contributed by atoms with Crippen molar-refractivity contribution < 1.29 is 9.13 Å². The molecule has 5 nitrogen and oxygen atoms in total. The average molecular weight is 280 g/mol. The Morgan fingerprint density at radius 3 is 2.79 bits per heavy atom. The summed E-state index contributed by atoms with van der Waals surface area (Å²) in [5.74, 6) is 0.526. The lowest BCUT2D eigenvalue weighted by Crippen LogP contribution is -2.34. The molecule has 102 valence electrons. The van der Waals surface area contributed by atoms with Crippen molar-refractivity contribution in [3.8, 4) is 0 Å². The van der Waals surface area contributed by atoms with Gasteiger partial charge < -0.3 is 0 Å². The normalized spacial score (nSPS) is 26.8. The van der Waals surface area contributed by atoms with Gasteiger partial charge in [-0.05, 0) is 31.4 Å². The molecule has 0 bridgehead atoms. The summed E-state index contributed by atoms with van der Waals surface area (Å²) in [6.45, 7) is 4.05. The van der Waals surface area contributed by atoms with E-state index in [1.807, 2.05) is 19.9 Å². The first kappa shape index (κ1) is 13.9. The highest BCUT2D eigenvalue weighted by Crippen LogP contribution is 2.35. The zero-order valence-corrected chi connectivity index (χ0v) is 11.8. The van der Waals surface area contributed by atoms with Crippen LogP contribution < -0.4 is 0 Å². The van der Waals surface area contributed by atoms with E-state index in [1.54, 1.807) is 6.07 Å². The Hall–Kier alpha value is -1.56. The van der Waals surface area contributed by atoms with E-state index in [-0.39, 0.29) is 10.4 Å². The molecule has 0 aliphatic carbocycles. The number of pyridine rings is 1. The van der Waals surface area contributed by atoms with Gasteiger partial charge in [-0.15, -0.1) is 0 Å². The lowest BCUT2D eigenvalue weighted by atomic mass is 9.95. The molecule has 0 spiro atoms. The zero-order valence-electron chi connectivity index (χ0n) is 11.0. The molecule has 1 aromatic heterocycles. The van der Waals surface area contributed by atoms with Crippen LogP contribution in [0.4, 0.5) is 5.69 Å². The third-order valence-corrected chi connectivity index (χ3v) is 5.63. The molecule has 0 aromatic carbocycles. The molecule has 0 saturated heterocycles. The van der Waals surface area contributed by atoms with Crippen molar-refractivity contribution in [2.75, 3.05) is 5.75 Å². The van der Waals surface area contributed by atoms with Gasteiger partial charge in [0, 0.05) is 27.4 Å². The summed E-state index contributed by atoms with van der Waals surface area (Å²) in [6.07, 6.45) is 4.73. The molecule has 0 fully saturated rings. The maximum Gasteiger partial charge on any atom is 0.287 e. The van der Waals surface area contributed by atoms with Crippen LogP contribution in [-0.2, 0) is 10.8 Å². The van der Waals surface area contributed by atoms with E-state index >= 15 is 0 Å². The number of nitro groups is 1. The molecule has 1 aromatic rings. The summed E-state index contributed by atoms with van der Waals surface area (Å²) >= 11 is 0. The topological polar surface area (TPSA) is 73.1 Å². The highest BCUT2D eigenvalue weighted by molar-refractivity contribution is 7.86. The summed E-state index contributed by atoms with van der Waals surface area (Å²) in [5, 5.41) is 10.6. The first-order valence-corrected chi connectivity index (χ1v) is 7.46. The fraction of sp³-hybridized carbons (Fsp3) is 0.462. The fourth-order valence-corrected chi connectivity index (χ4v) is 3.49. The van der Waals surface area contributed by atoms with E-state index in [0.29, 0.717) is 12.2 Å². The standard InChI is InChI=1S/C13H16N2O3S/c1-3-13(2)8-10(6-7-19(13)18)12-5-4-11(9-14-12)15(16)17/h4-6,9H,3,7-8H2,1-2H3. The Morgan fingerprint density at radius 2 is 2.26 bits per heavy atom. The Bertz CT molecular complexity index is 554. The van der Waals surface area contributed by atoms with E-state index in [9.17, 15) is 14.3 Å². The average Bonchev–Trinajstić information content (AvgIpc) is 2.42. The highest BCUT2D eigenvalue weighted by atomic mass is 32.2. The zero-order chi connectivity index (χ0) is 14.0. The van der Waals surface area contributed by atoms with Crippen LogP contribution >= 0.6 is 0 Å². The van der Waals surface area contributed by atoms with Crippen molar-refractivity contribution in [1.82, 2.24) is 4.98 Å². The Labute approximate surface area is 114 Å². The molecule has 2 rings (SSSR count). The van der Waals surface area contributed by atoms with Gasteiger partial charge in [0.25, 0.3) is 5.69 Å². The smallest absolute Gasteiger partial charge is 0.259 e. The van der Waals surface area contributed by atoms with E-state index in [1.165, 1.54) is 12.3 Å². The first-order chi connectivity index (χ1) is 8.96. The molecule has 19 heavy (non-hydrogen) atoms. The molecule has 6 heteroatoms. The molecular formula is C13H16N2O3S. The van der Waals surface area contributed by atoms with Crippen LogP contribution in [0.5, 0.6) is 0 Å². The quantitative estimate of drug-likeness (QED) is 0.630. The summed E-state index contributed by atoms with van der Waals surface area (Å²) in [7, 11) is -0.862. The van der Waals surface area contributed by atoms with Gasteiger partial charge in [-0.3, -0.25) is 14.3 Å². The number of rotatable bonds is 3. The van der Waals surface area contributed by atoms with Gasteiger partial charge in [-0.1, -0.05) is 13.0 Å². The fourth-order valence-electron chi connectivity index (χ4n) is 2.10. The number of nitrogens with zero attached hydrogens (tertiary/aromatic N) is 2. The van der Waals surface area contributed by atoms with Crippen molar-refractivity contribution in [3.63, 3.8) is 0 Å². The second-order valence-corrected chi connectivity index (χ2v) is 6.89. The van der Waals surface area contributed by atoms with Gasteiger partial charge in [0.15, 0.2) is 0 Å². The van der Waals surface area contributed by atoms with Gasteiger partial charge in [-0.2, -0.15) is 0 Å². The number of aromatic nitrogens is 1. The maximum absolute atomic E-state index is 12.0. The van der Waals surface area contributed by atoms with Crippen molar-refractivity contribution in [2.45, 2.75) is 31.4 Å². The van der Waals surface area contributed by atoms with Gasteiger partial charge in [0.05, 0.1) is 10.6 Å². The minimum absolute atomic E-state index is 0.0120. The largest absolute Gasteiger partial charge is 0.287 e. The molecule has 1 aliphatic heterocycles. The molecule has 2 unspecified atom stereocenters. The number of allylic oxidation sites excluding steroid dienone is 1. The second kappa shape index (κ2) is 5.21. The monoisotopic (exact) mass is 280 g/mol. The van der Waals surface area contributed by atoms with Crippen LogP contribution in [0.3, 0.4) is 0 Å². The lowest BCUT2D eigenvalue weighted by molar-refractivity contribution is -0.385. The van der Waals surface area contributed by atoms with Crippen molar-refractivity contribution in [1.29, 1.82) is 0 Å². The summed E-state index contributed by atoms with van der Waals surface area (Å²) in [4.78, 5) is 14.3. The van der Waals surface area contributed by atoms with Crippen LogP contribution in [0.2, 0.25) is 0 Å². The first-order valence-electron chi connectivity index (χ1n) is 6.14. The number of hydrogen-bond acceptors (Lipinski definition) is 4. The molecule has 2 heterocycles. The molecule has 0 amide bonds. The molecule has 2 atom stereocenters. The highest BCUT2D eigenvalue weighted by Gasteiger charge is 2.33. The van der Waals surface area contributed by atoms with Crippen molar-refractivity contribution in [3.05, 3.63) is 40.2 Å². The molecule has 0 saturated carbocycles. The van der Waals surface area contributed by atoms with E-state index in [4.69, 9.17) is 0 Å². The summed E-state index contributed by atoms with van der Waals surface area (Å²) in [6, 6.07) is 3.12. The van der Waals surface area contributed by atoms with Gasteiger partial charge in [0.2, 0.25) is 0 Å². The second-order valence-electron chi connectivity index (χ2n) is 4.88. The van der Waals surface area contributed by atoms with Crippen LogP contribution in [0, 0.1) is 10.1 Å². The molecule has 0 radical (unpaired) electrons. The predicted molar refractivity (Wildman–Crippen MR) is 75.2 cm³/mol. The Balaban J connectivity index is 2.28. The lowest BCUT2D eigenvalue weighted by Gasteiger charge is -2.31. The summed E-state index contributed by atoms with van der Waals surface area (Å²) in [5.41, 5.74) is 1.75. The minimum Gasteiger partial charge on any atom is -0.259 e. The van der Waals surface area contributed by atoms with E-state index < -0.39 is 15.7 Å².